The maximum atomic E-state index is 12.9. The van der Waals surface area contributed by atoms with Crippen LogP contribution in [0.4, 0.5) is 29.3 Å². The third-order valence-electron chi connectivity index (χ3n) is 4.10. The summed E-state index contributed by atoms with van der Waals surface area (Å²) in [5.41, 5.74) is -0.305. The van der Waals surface area contributed by atoms with Crippen molar-refractivity contribution >= 4 is 17.4 Å². The molecule has 1 saturated carbocycles. The molecule has 2 rings (SSSR count). The predicted molar refractivity (Wildman–Crippen MR) is 86.2 cm³/mol. The molecule has 0 unspecified atom stereocenters. The van der Waals surface area contributed by atoms with Crippen molar-refractivity contribution < 1.29 is 23.1 Å². The van der Waals surface area contributed by atoms with E-state index in [-0.39, 0.29) is 11.7 Å². The zero-order valence-electron chi connectivity index (χ0n) is 13.7. The predicted octanol–water partition coefficient (Wildman–Crippen LogP) is 3.20. The van der Waals surface area contributed by atoms with Crippen LogP contribution in [0.25, 0.3) is 0 Å². The molecule has 2 atom stereocenters. The topological polar surface area (TPSA) is 64.6 Å². The molecule has 1 aromatic carbocycles. The van der Waals surface area contributed by atoms with Crippen molar-refractivity contribution in [3.63, 3.8) is 0 Å². The average molecular weight is 345 g/mol. The fourth-order valence-corrected chi connectivity index (χ4v) is 2.81. The van der Waals surface area contributed by atoms with E-state index in [1.54, 1.807) is 19.0 Å². The lowest BCUT2D eigenvalue weighted by atomic mass is 9.93. The van der Waals surface area contributed by atoms with Gasteiger partial charge in [0.15, 0.2) is 0 Å². The zero-order valence-corrected chi connectivity index (χ0v) is 13.7. The summed E-state index contributed by atoms with van der Waals surface area (Å²) in [5, 5.41) is 15.0. The quantitative estimate of drug-likeness (QED) is 0.788. The number of anilines is 2. The van der Waals surface area contributed by atoms with Crippen molar-refractivity contribution in [3.8, 4) is 0 Å². The number of alkyl halides is 3. The maximum absolute atomic E-state index is 12.9. The Morgan fingerprint density at radius 3 is 2.50 bits per heavy atom. The lowest BCUT2D eigenvalue weighted by Gasteiger charge is -2.28. The second-order valence-electron chi connectivity index (χ2n) is 6.18. The molecule has 1 aliphatic rings. The number of nitrogens with zero attached hydrogens (tertiary/aromatic N) is 1. The van der Waals surface area contributed by atoms with Crippen LogP contribution >= 0.6 is 0 Å². The van der Waals surface area contributed by atoms with E-state index in [0.717, 1.165) is 25.0 Å². The molecule has 24 heavy (non-hydrogen) atoms. The number of benzene rings is 1. The highest BCUT2D eigenvalue weighted by Crippen LogP contribution is 2.34. The van der Waals surface area contributed by atoms with Crippen LogP contribution in [0.3, 0.4) is 0 Å². The Morgan fingerprint density at radius 2 is 1.92 bits per heavy atom. The van der Waals surface area contributed by atoms with Gasteiger partial charge in [0, 0.05) is 14.1 Å². The minimum absolute atomic E-state index is 0.0672. The van der Waals surface area contributed by atoms with Crippen LogP contribution in [0.15, 0.2) is 18.2 Å². The molecule has 0 spiro atoms. The van der Waals surface area contributed by atoms with Crippen molar-refractivity contribution in [3.05, 3.63) is 23.8 Å². The molecule has 134 valence electrons. The van der Waals surface area contributed by atoms with Gasteiger partial charge in [-0.25, -0.2) is 4.79 Å². The summed E-state index contributed by atoms with van der Waals surface area (Å²) >= 11 is 0. The van der Waals surface area contributed by atoms with Crippen molar-refractivity contribution in [2.24, 2.45) is 0 Å². The van der Waals surface area contributed by atoms with Crippen molar-refractivity contribution in [1.29, 1.82) is 0 Å². The number of aliphatic hydroxyl groups is 1. The summed E-state index contributed by atoms with van der Waals surface area (Å²) in [6, 6.07) is 2.19. The second kappa shape index (κ2) is 7.29. The number of rotatable bonds is 3. The molecule has 5 nitrogen and oxygen atoms in total. The summed E-state index contributed by atoms with van der Waals surface area (Å²) in [6.07, 6.45) is -2.06. The molecule has 1 aliphatic carbocycles. The standard InChI is InChI=1S/C16H22F3N3O2/c1-22(2)13-8-7-10(16(17,18)19)9-12(13)21-15(24)20-11-5-3-4-6-14(11)23/h7-9,11,14,23H,3-6H2,1-2H3,(H2,20,21,24)/t11-,14+/m1/s1. The molecular weight excluding hydrogens is 323 g/mol. The smallest absolute Gasteiger partial charge is 0.391 e. The van der Waals surface area contributed by atoms with Gasteiger partial charge in [-0.1, -0.05) is 12.8 Å². The maximum Gasteiger partial charge on any atom is 0.416 e. The number of halogens is 3. The normalized spacial score (nSPS) is 21.2. The fourth-order valence-electron chi connectivity index (χ4n) is 2.81. The Hall–Kier alpha value is -1.96. The summed E-state index contributed by atoms with van der Waals surface area (Å²) in [4.78, 5) is 13.7. The van der Waals surface area contributed by atoms with Crippen LogP contribution in [-0.4, -0.2) is 37.4 Å². The van der Waals surface area contributed by atoms with Crippen LogP contribution in [0.2, 0.25) is 0 Å². The highest BCUT2D eigenvalue weighted by molar-refractivity contribution is 5.93. The molecule has 2 amide bonds. The van der Waals surface area contributed by atoms with E-state index in [9.17, 15) is 23.1 Å². The van der Waals surface area contributed by atoms with Crippen LogP contribution < -0.4 is 15.5 Å². The van der Waals surface area contributed by atoms with Crippen molar-refractivity contribution in [2.45, 2.75) is 44.0 Å². The van der Waals surface area contributed by atoms with Gasteiger partial charge < -0.3 is 20.6 Å². The van der Waals surface area contributed by atoms with E-state index >= 15 is 0 Å². The number of hydrogen-bond donors (Lipinski definition) is 3. The van der Waals surface area contributed by atoms with Gasteiger partial charge in [-0.15, -0.1) is 0 Å². The largest absolute Gasteiger partial charge is 0.416 e. The van der Waals surface area contributed by atoms with Gasteiger partial charge in [0.05, 0.1) is 29.1 Å². The molecule has 3 N–H and O–H groups in total. The minimum atomic E-state index is -4.49. The number of hydrogen-bond acceptors (Lipinski definition) is 3. The van der Waals surface area contributed by atoms with E-state index in [4.69, 9.17) is 0 Å². The van der Waals surface area contributed by atoms with Crippen LogP contribution in [-0.2, 0) is 6.18 Å². The minimum Gasteiger partial charge on any atom is -0.391 e. The molecule has 0 heterocycles. The molecule has 8 heteroatoms. The van der Waals surface area contributed by atoms with Crippen LogP contribution in [0, 0.1) is 0 Å². The van der Waals surface area contributed by atoms with Gasteiger partial charge in [-0.05, 0) is 31.0 Å². The lowest BCUT2D eigenvalue weighted by molar-refractivity contribution is -0.137. The molecule has 1 fully saturated rings. The average Bonchev–Trinajstić information content (AvgIpc) is 2.48. The van der Waals surface area contributed by atoms with E-state index in [1.807, 2.05) is 0 Å². The lowest BCUT2D eigenvalue weighted by Crippen LogP contribution is -2.46. The number of amides is 2. The first kappa shape index (κ1) is 18.4. The summed E-state index contributed by atoms with van der Waals surface area (Å²) in [6.45, 7) is 0. The molecular formula is C16H22F3N3O2. The first-order chi connectivity index (χ1) is 11.2. The first-order valence-electron chi connectivity index (χ1n) is 7.82. The Morgan fingerprint density at radius 1 is 1.25 bits per heavy atom. The highest BCUT2D eigenvalue weighted by Gasteiger charge is 2.31. The van der Waals surface area contributed by atoms with E-state index in [2.05, 4.69) is 10.6 Å². The first-order valence-corrected chi connectivity index (χ1v) is 7.82. The van der Waals surface area contributed by atoms with Crippen molar-refractivity contribution in [1.82, 2.24) is 5.32 Å². The van der Waals surface area contributed by atoms with Gasteiger partial charge in [0.25, 0.3) is 0 Å². The second-order valence-corrected chi connectivity index (χ2v) is 6.18. The molecule has 0 bridgehead atoms. The van der Waals surface area contributed by atoms with Gasteiger partial charge >= 0.3 is 12.2 Å². The number of nitrogens with one attached hydrogen (secondary N) is 2. The van der Waals surface area contributed by atoms with Gasteiger partial charge in [0.2, 0.25) is 0 Å². The third-order valence-corrected chi connectivity index (χ3v) is 4.10. The summed E-state index contributed by atoms with van der Waals surface area (Å²) in [7, 11) is 3.35. The van der Waals surface area contributed by atoms with Gasteiger partial charge in [0.1, 0.15) is 0 Å². The Kier molecular flexibility index (Phi) is 5.58. The van der Waals surface area contributed by atoms with Crippen LogP contribution in [0.5, 0.6) is 0 Å². The Balaban J connectivity index is 2.15. The van der Waals surface area contributed by atoms with Crippen molar-refractivity contribution in [2.75, 3.05) is 24.3 Å². The van der Waals surface area contributed by atoms with E-state index in [0.29, 0.717) is 18.5 Å². The molecule has 1 aromatic rings. The number of carbonyl (C=O) groups excluding carboxylic acids is 1. The molecule has 0 aliphatic heterocycles. The zero-order chi connectivity index (χ0) is 17.9. The fraction of sp³-hybridized carbons (Fsp3) is 0.562. The number of urea groups is 1. The SMILES string of the molecule is CN(C)c1ccc(C(F)(F)F)cc1NC(=O)N[C@@H]1CCCC[C@@H]1O. The third kappa shape index (κ3) is 4.53. The Labute approximate surface area is 138 Å². The number of aliphatic hydroxyl groups excluding tert-OH is 1. The molecule has 0 saturated heterocycles. The Bertz CT molecular complexity index is 590. The summed E-state index contributed by atoms with van der Waals surface area (Å²) < 4.78 is 38.7. The van der Waals surface area contributed by atoms with E-state index in [1.165, 1.54) is 6.07 Å². The monoisotopic (exact) mass is 345 g/mol. The van der Waals surface area contributed by atoms with Gasteiger partial charge in [-0.2, -0.15) is 13.2 Å². The van der Waals surface area contributed by atoms with Crippen LogP contribution in [0.1, 0.15) is 31.2 Å². The van der Waals surface area contributed by atoms with E-state index < -0.39 is 23.9 Å². The molecule has 0 radical (unpaired) electrons. The summed E-state index contributed by atoms with van der Waals surface area (Å²) in [5.74, 6) is 0. The number of carbonyl (C=O) groups is 1. The highest BCUT2D eigenvalue weighted by atomic mass is 19.4. The van der Waals surface area contributed by atoms with Gasteiger partial charge in [-0.3, -0.25) is 0 Å². The molecule has 0 aromatic heterocycles.